The second-order valence-corrected chi connectivity index (χ2v) is 3.72. The van der Waals surface area contributed by atoms with Crippen molar-refractivity contribution >= 4 is 0 Å². The van der Waals surface area contributed by atoms with Crippen molar-refractivity contribution in [2.75, 3.05) is 26.7 Å². The quantitative estimate of drug-likeness (QED) is 0.690. The Bertz CT molecular complexity index is 138. The van der Waals surface area contributed by atoms with Gasteiger partial charge in [0.15, 0.2) is 0 Å². The third-order valence-electron chi connectivity index (χ3n) is 1.81. The number of hydrogen-bond donors (Lipinski definition) is 1. The second-order valence-electron chi connectivity index (χ2n) is 3.72. The van der Waals surface area contributed by atoms with Crippen molar-refractivity contribution in [2.24, 2.45) is 0 Å². The first-order valence-corrected chi connectivity index (χ1v) is 4.67. The van der Waals surface area contributed by atoms with Gasteiger partial charge in [-0.1, -0.05) is 20.8 Å². The van der Waals surface area contributed by atoms with Crippen LogP contribution in [0.5, 0.6) is 0 Å². The lowest BCUT2D eigenvalue weighted by Crippen LogP contribution is -2.43. The number of nitrogens with zero attached hydrogens (tertiary/aromatic N) is 1. The molecule has 4 heteroatoms. The topological polar surface area (TPSA) is 15.3 Å². The molecule has 0 unspecified atom stereocenters. The van der Waals surface area contributed by atoms with Gasteiger partial charge in [-0.15, -0.1) is 0 Å². The average Bonchev–Trinajstić information content (AvgIpc) is 2.00. The Morgan fingerprint density at radius 2 is 1.92 bits per heavy atom. The lowest BCUT2D eigenvalue weighted by atomic mass is 10.3. The molecule has 0 aliphatic rings. The smallest absolute Gasteiger partial charge is 0.272 e. The van der Waals surface area contributed by atoms with Crippen molar-refractivity contribution in [2.45, 2.75) is 32.7 Å². The van der Waals surface area contributed by atoms with Gasteiger partial charge in [-0.3, -0.25) is 0 Å². The van der Waals surface area contributed by atoms with E-state index in [0.29, 0.717) is 6.54 Å². The molecule has 0 fully saturated rings. The van der Waals surface area contributed by atoms with Crippen molar-refractivity contribution < 1.29 is 8.78 Å². The van der Waals surface area contributed by atoms with Gasteiger partial charge in [0.1, 0.15) is 0 Å². The molecule has 0 radical (unpaired) electrons. The summed E-state index contributed by atoms with van der Waals surface area (Å²) in [5.74, 6) is -2.63. The van der Waals surface area contributed by atoms with Crippen molar-refractivity contribution in [3.05, 3.63) is 0 Å². The lowest BCUT2D eigenvalue weighted by molar-refractivity contribution is -0.0251. The molecule has 0 saturated carbocycles. The standard InChI is InChI=1S/C9H20F2N2/c1-5-13(4)7-9(10,11)6-12-8(2)3/h8,12H,5-7H2,1-4H3. The van der Waals surface area contributed by atoms with Crippen molar-refractivity contribution in [1.29, 1.82) is 0 Å². The largest absolute Gasteiger partial charge is 0.309 e. The molecule has 0 aromatic heterocycles. The van der Waals surface area contributed by atoms with Crippen LogP contribution in [0.3, 0.4) is 0 Å². The number of halogens is 2. The predicted octanol–water partition coefficient (Wildman–Crippen LogP) is 1.57. The van der Waals surface area contributed by atoms with Crippen LogP contribution in [0.25, 0.3) is 0 Å². The van der Waals surface area contributed by atoms with Gasteiger partial charge < -0.3 is 10.2 Å². The van der Waals surface area contributed by atoms with Gasteiger partial charge in [-0.25, -0.2) is 8.78 Å². The van der Waals surface area contributed by atoms with Crippen molar-refractivity contribution in [3.63, 3.8) is 0 Å². The molecule has 0 spiro atoms. The van der Waals surface area contributed by atoms with Crippen molar-refractivity contribution in [3.8, 4) is 0 Å². The summed E-state index contributed by atoms with van der Waals surface area (Å²) in [6.07, 6.45) is 0. The minimum Gasteiger partial charge on any atom is -0.309 e. The Morgan fingerprint density at radius 3 is 2.31 bits per heavy atom. The van der Waals surface area contributed by atoms with E-state index in [1.807, 2.05) is 20.8 Å². The third-order valence-corrected chi connectivity index (χ3v) is 1.81. The van der Waals surface area contributed by atoms with E-state index >= 15 is 0 Å². The maximum Gasteiger partial charge on any atom is 0.272 e. The Morgan fingerprint density at radius 1 is 1.38 bits per heavy atom. The first kappa shape index (κ1) is 12.8. The van der Waals surface area contributed by atoms with Gasteiger partial charge in [0.05, 0.1) is 13.1 Å². The van der Waals surface area contributed by atoms with Gasteiger partial charge in [0, 0.05) is 6.04 Å². The fraction of sp³-hybridized carbons (Fsp3) is 1.00. The highest BCUT2D eigenvalue weighted by atomic mass is 19.3. The third kappa shape index (κ3) is 6.90. The van der Waals surface area contributed by atoms with Gasteiger partial charge >= 0.3 is 0 Å². The Hall–Kier alpha value is -0.220. The van der Waals surface area contributed by atoms with E-state index in [4.69, 9.17) is 0 Å². The molecule has 0 aliphatic heterocycles. The normalized spacial score (nSPS) is 12.9. The van der Waals surface area contributed by atoms with Crippen LogP contribution in [0.15, 0.2) is 0 Å². The van der Waals surface area contributed by atoms with Crippen LogP contribution in [0.2, 0.25) is 0 Å². The molecule has 13 heavy (non-hydrogen) atoms. The molecule has 2 nitrogen and oxygen atoms in total. The van der Waals surface area contributed by atoms with Crippen molar-refractivity contribution in [1.82, 2.24) is 10.2 Å². The zero-order chi connectivity index (χ0) is 10.5. The molecule has 0 bridgehead atoms. The highest BCUT2D eigenvalue weighted by Gasteiger charge is 2.29. The van der Waals surface area contributed by atoms with E-state index in [2.05, 4.69) is 5.32 Å². The average molecular weight is 194 g/mol. The summed E-state index contributed by atoms with van der Waals surface area (Å²) in [5, 5.41) is 2.74. The summed E-state index contributed by atoms with van der Waals surface area (Å²) in [6.45, 7) is 5.82. The van der Waals surface area contributed by atoms with Crippen LogP contribution in [-0.4, -0.2) is 43.5 Å². The van der Waals surface area contributed by atoms with Crippen LogP contribution >= 0.6 is 0 Å². The van der Waals surface area contributed by atoms with E-state index in [0.717, 1.165) is 0 Å². The number of alkyl halides is 2. The van der Waals surface area contributed by atoms with Gasteiger partial charge in [0.25, 0.3) is 5.92 Å². The number of hydrogen-bond acceptors (Lipinski definition) is 2. The summed E-state index contributed by atoms with van der Waals surface area (Å²) >= 11 is 0. The highest BCUT2D eigenvalue weighted by molar-refractivity contribution is 4.74. The van der Waals surface area contributed by atoms with Gasteiger partial charge in [0.2, 0.25) is 0 Å². The Balaban J connectivity index is 3.79. The monoisotopic (exact) mass is 194 g/mol. The molecular formula is C9H20F2N2. The predicted molar refractivity (Wildman–Crippen MR) is 51.3 cm³/mol. The van der Waals surface area contributed by atoms with Crippen LogP contribution < -0.4 is 5.32 Å². The molecule has 80 valence electrons. The first-order valence-electron chi connectivity index (χ1n) is 4.67. The minimum atomic E-state index is -2.63. The van der Waals surface area contributed by atoms with E-state index in [1.54, 1.807) is 11.9 Å². The Labute approximate surface area is 79.3 Å². The molecular weight excluding hydrogens is 174 g/mol. The SMILES string of the molecule is CCN(C)CC(F)(F)CNC(C)C. The maximum atomic E-state index is 13.1. The summed E-state index contributed by atoms with van der Waals surface area (Å²) in [5.41, 5.74) is 0. The maximum absolute atomic E-state index is 13.1. The molecule has 1 N–H and O–H groups in total. The molecule has 0 amide bonds. The molecule has 0 aromatic rings. The summed E-state index contributed by atoms with van der Waals surface area (Å²) < 4.78 is 26.2. The molecule has 0 saturated heterocycles. The van der Waals surface area contributed by atoms with Crippen LogP contribution in [0, 0.1) is 0 Å². The van der Waals surface area contributed by atoms with Crippen LogP contribution in [0.1, 0.15) is 20.8 Å². The fourth-order valence-corrected chi connectivity index (χ4v) is 0.916. The summed E-state index contributed by atoms with van der Waals surface area (Å²) in [6, 6.07) is 0.109. The molecule has 0 rings (SSSR count). The highest BCUT2D eigenvalue weighted by Crippen LogP contribution is 2.13. The van der Waals surface area contributed by atoms with E-state index in [9.17, 15) is 8.78 Å². The van der Waals surface area contributed by atoms with E-state index in [1.165, 1.54) is 0 Å². The van der Waals surface area contributed by atoms with Crippen LogP contribution in [0.4, 0.5) is 8.78 Å². The molecule has 0 atom stereocenters. The zero-order valence-electron chi connectivity index (χ0n) is 8.90. The Kier molecular flexibility index (Phi) is 5.40. The van der Waals surface area contributed by atoms with Crippen LogP contribution in [-0.2, 0) is 0 Å². The van der Waals surface area contributed by atoms with Gasteiger partial charge in [-0.05, 0) is 13.6 Å². The number of nitrogens with one attached hydrogen (secondary N) is 1. The summed E-state index contributed by atoms with van der Waals surface area (Å²) in [7, 11) is 1.70. The number of rotatable bonds is 6. The lowest BCUT2D eigenvalue weighted by Gasteiger charge is -2.23. The second kappa shape index (κ2) is 5.50. The van der Waals surface area contributed by atoms with E-state index < -0.39 is 5.92 Å². The fourth-order valence-electron chi connectivity index (χ4n) is 0.916. The summed E-state index contributed by atoms with van der Waals surface area (Å²) in [4.78, 5) is 1.61. The zero-order valence-corrected chi connectivity index (χ0v) is 8.90. The van der Waals surface area contributed by atoms with Gasteiger partial charge in [-0.2, -0.15) is 0 Å². The van der Waals surface area contributed by atoms with E-state index in [-0.39, 0.29) is 19.1 Å². The molecule has 0 aromatic carbocycles. The minimum absolute atomic E-state index is 0.109. The molecule has 0 aliphatic carbocycles. The molecule has 0 heterocycles. The first-order chi connectivity index (χ1) is 5.87.